The van der Waals surface area contributed by atoms with Crippen molar-refractivity contribution >= 4 is 17.0 Å². The maximum atomic E-state index is 12.4. The number of hydrogen-bond acceptors (Lipinski definition) is 4. The quantitative estimate of drug-likeness (QED) is 0.415. The number of amides is 1. The van der Waals surface area contributed by atoms with Gasteiger partial charge in [-0.2, -0.15) is 0 Å². The highest BCUT2D eigenvalue weighted by Gasteiger charge is 2.22. The van der Waals surface area contributed by atoms with E-state index in [1.807, 2.05) is 34.6 Å². The van der Waals surface area contributed by atoms with Crippen LogP contribution in [0.1, 0.15) is 73.6 Å². The molecule has 0 aromatic carbocycles. The summed E-state index contributed by atoms with van der Waals surface area (Å²) >= 11 is 0. The van der Waals surface area contributed by atoms with Crippen LogP contribution in [0.3, 0.4) is 0 Å². The molecule has 0 aromatic heterocycles. The van der Waals surface area contributed by atoms with E-state index in [-0.39, 0.29) is 12.0 Å². The van der Waals surface area contributed by atoms with Crippen LogP contribution in [-0.2, 0) is 15.6 Å². The molecule has 0 aliphatic heterocycles. The zero-order valence-corrected chi connectivity index (χ0v) is 17.8. The molecule has 6 nitrogen and oxygen atoms in total. The molecule has 0 spiro atoms. The number of rotatable bonds is 12. The number of carbonyl (C=O) groups excluding carboxylic acids is 1. The van der Waals surface area contributed by atoms with Gasteiger partial charge in [-0.25, -0.2) is 17.5 Å². The first-order valence-corrected chi connectivity index (χ1v) is 10.6. The average molecular weight is 379 g/mol. The normalized spacial score (nSPS) is 12.2. The first-order valence-electron chi connectivity index (χ1n) is 9.44. The lowest BCUT2D eigenvalue weighted by Gasteiger charge is -2.28. The summed E-state index contributed by atoms with van der Waals surface area (Å²) in [4.78, 5) is 14.1. The van der Waals surface area contributed by atoms with E-state index in [0.29, 0.717) is 32.6 Å². The second-order valence-electron chi connectivity index (χ2n) is 7.93. The first kappa shape index (κ1) is 24.2. The lowest BCUT2D eigenvalue weighted by molar-refractivity contribution is 0.0242. The molecule has 0 saturated heterocycles. The third-order valence-electron chi connectivity index (χ3n) is 3.58. The smallest absolute Gasteiger partial charge is 0.410 e. The van der Waals surface area contributed by atoms with Crippen LogP contribution >= 0.6 is 0 Å². The molecular weight excluding hydrogens is 340 g/mol. The third kappa shape index (κ3) is 13.1. The highest BCUT2D eigenvalue weighted by molar-refractivity contribution is 7.69. The van der Waals surface area contributed by atoms with Crippen LogP contribution < -0.4 is 0 Å². The van der Waals surface area contributed by atoms with E-state index in [0.717, 1.165) is 25.7 Å². The van der Waals surface area contributed by atoms with Gasteiger partial charge in [-0.3, -0.25) is 0 Å². The van der Waals surface area contributed by atoms with Gasteiger partial charge >= 0.3 is 6.09 Å². The van der Waals surface area contributed by atoms with Crippen molar-refractivity contribution in [3.8, 4) is 0 Å². The third-order valence-corrected chi connectivity index (χ3v) is 4.41. The molecule has 0 aliphatic carbocycles. The number of carbonyl (C=O) groups is 1. The summed E-state index contributed by atoms with van der Waals surface area (Å²) in [5, 5.41) is 0. The van der Waals surface area contributed by atoms with E-state index in [1.165, 1.54) is 4.31 Å². The van der Waals surface area contributed by atoms with Crippen molar-refractivity contribution in [1.29, 1.82) is 0 Å². The number of thiol groups is 1. The zero-order valence-electron chi connectivity index (χ0n) is 16.9. The van der Waals surface area contributed by atoms with E-state index in [2.05, 4.69) is 6.92 Å². The predicted octanol–water partition coefficient (Wildman–Crippen LogP) is 3.68. The topological polar surface area (TPSA) is 66.9 Å². The number of nitrogens with zero attached hydrogens (tertiary/aromatic N) is 2. The maximum Gasteiger partial charge on any atom is 0.410 e. The molecule has 1 amide bonds. The number of unbranched alkanes of at least 4 members (excludes halogenated alkanes) is 3. The predicted molar refractivity (Wildman–Crippen MR) is 103 cm³/mol. The van der Waals surface area contributed by atoms with Crippen LogP contribution in [0.4, 0.5) is 4.79 Å². The summed E-state index contributed by atoms with van der Waals surface area (Å²) in [5.74, 6) is 0.281. The second-order valence-corrected chi connectivity index (χ2v) is 8.97. The highest BCUT2D eigenvalue weighted by atomic mass is 32.2. The Morgan fingerprint density at radius 1 is 1.00 bits per heavy atom. The molecule has 0 bridgehead atoms. The van der Waals surface area contributed by atoms with Crippen LogP contribution in [0, 0.1) is 5.92 Å². The molecule has 0 aliphatic rings. The minimum Gasteiger partial charge on any atom is -0.444 e. The van der Waals surface area contributed by atoms with Gasteiger partial charge < -0.3 is 9.64 Å². The largest absolute Gasteiger partial charge is 0.444 e. The summed E-state index contributed by atoms with van der Waals surface area (Å²) < 4.78 is 29.6. The summed E-state index contributed by atoms with van der Waals surface area (Å²) in [5.41, 5.74) is -0.527. The van der Waals surface area contributed by atoms with Gasteiger partial charge in [-0.05, 0) is 39.5 Å². The van der Waals surface area contributed by atoms with Crippen LogP contribution in [0.5, 0.6) is 0 Å². The van der Waals surface area contributed by atoms with Crippen LogP contribution in [0.2, 0.25) is 0 Å². The highest BCUT2D eigenvalue weighted by Crippen LogP contribution is 2.12. The molecule has 7 heteroatoms. The van der Waals surface area contributed by atoms with Crippen LogP contribution in [-0.4, -0.2) is 55.5 Å². The molecule has 25 heavy (non-hydrogen) atoms. The molecule has 0 fully saturated rings. The SMILES string of the molecule is CCCCCCN(CCCN(CC(C)C)[SH](=O)=O)C(=O)OC(C)(C)C. The second kappa shape index (κ2) is 12.5. The van der Waals surface area contributed by atoms with Gasteiger partial charge in [-0.1, -0.05) is 40.0 Å². The Kier molecular flexibility index (Phi) is 12.1. The molecule has 0 atom stereocenters. The van der Waals surface area contributed by atoms with Crippen molar-refractivity contribution in [2.75, 3.05) is 26.2 Å². The molecule has 0 radical (unpaired) electrons. The van der Waals surface area contributed by atoms with Gasteiger partial charge in [0.15, 0.2) is 0 Å². The van der Waals surface area contributed by atoms with Crippen LogP contribution in [0.15, 0.2) is 0 Å². The van der Waals surface area contributed by atoms with Crippen molar-refractivity contribution in [3.05, 3.63) is 0 Å². The summed E-state index contributed by atoms with van der Waals surface area (Å²) in [6, 6.07) is 0. The monoisotopic (exact) mass is 378 g/mol. The summed E-state index contributed by atoms with van der Waals surface area (Å²) in [7, 11) is -2.58. The number of hydrogen-bond donors (Lipinski definition) is 1. The zero-order chi connectivity index (χ0) is 19.5. The molecule has 0 aromatic rings. The molecule has 0 N–H and O–H groups in total. The Labute approximate surface area is 156 Å². The van der Waals surface area contributed by atoms with Gasteiger partial charge in [0.1, 0.15) is 5.60 Å². The van der Waals surface area contributed by atoms with Gasteiger partial charge in [0.2, 0.25) is 10.9 Å². The Hall–Kier alpha value is -0.820. The van der Waals surface area contributed by atoms with E-state index < -0.39 is 16.5 Å². The summed E-state index contributed by atoms with van der Waals surface area (Å²) in [6.07, 6.45) is 4.63. The minimum atomic E-state index is -2.58. The fourth-order valence-corrected chi connectivity index (χ4v) is 3.22. The molecule has 0 saturated carbocycles. The molecular formula is C18H38N2O4S. The Morgan fingerprint density at radius 2 is 1.60 bits per heavy atom. The summed E-state index contributed by atoms with van der Waals surface area (Å²) in [6.45, 7) is 13.8. The molecule has 0 heterocycles. The van der Waals surface area contributed by atoms with Crippen molar-refractivity contribution in [1.82, 2.24) is 9.21 Å². The Balaban J connectivity index is 4.61. The van der Waals surface area contributed by atoms with Crippen molar-refractivity contribution in [3.63, 3.8) is 0 Å². The van der Waals surface area contributed by atoms with Crippen molar-refractivity contribution < 1.29 is 17.9 Å². The minimum absolute atomic E-state index is 0.281. The van der Waals surface area contributed by atoms with E-state index >= 15 is 0 Å². The van der Waals surface area contributed by atoms with Crippen molar-refractivity contribution in [2.45, 2.75) is 79.2 Å². The lowest BCUT2D eigenvalue weighted by atomic mass is 10.2. The average Bonchev–Trinajstić information content (AvgIpc) is 2.46. The van der Waals surface area contributed by atoms with Gasteiger partial charge in [0, 0.05) is 26.2 Å². The molecule has 0 rings (SSSR count). The van der Waals surface area contributed by atoms with Crippen molar-refractivity contribution in [2.24, 2.45) is 5.92 Å². The molecule has 150 valence electrons. The molecule has 0 unspecified atom stereocenters. The van der Waals surface area contributed by atoms with Gasteiger partial charge in [0.25, 0.3) is 0 Å². The number of ether oxygens (including phenoxy) is 1. The van der Waals surface area contributed by atoms with E-state index in [1.54, 1.807) is 4.90 Å². The van der Waals surface area contributed by atoms with E-state index in [9.17, 15) is 13.2 Å². The standard InChI is InChI=1S/C18H38N2O4S/c1-7-8-9-10-12-19(17(21)24-18(4,5)6)13-11-14-20(25(22)23)15-16(2)3/h16,25H,7-15H2,1-6H3. The van der Waals surface area contributed by atoms with Gasteiger partial charge in [-0.15, -0.1) is 0 Å². The fraction of sp³-hybridized carbons (Fsp3) is 0.944. The Bertz CT molecular complexity index is 437. The van der Waals surface area contributed by atoms with E-state index in [4.69, 9.17) is 4.74 Å². The first-order chi connectivity index (χ1) is 11.6. The lowest BCUT2D eigenvalue weighted by Crippen LogP contribution is -2.39. The maximum absolute atomic E-state index is 12.4. The fourth-order valence-electron chi connectivity index (χ4n) is 2.46. The van der Waals surface area contributed by atoms with Gasteiger partial charge in [0.05, 0.1) is 0 Å². The Morgan fingerprint density at radius 3 is 2.08 bits per heavy atom. The van der Waals surface area contributed by atoms with Crippen LogP contribution in [0.25, 0.3) is 0 Å².